The van der Waals surface area contributed by atoms with Gasteiger partial charge in [0.05, 0.1) is 38.2 Å². The number of H-pyrrole nitrogens is 1. The number of urea groups is 1. The van der Waals surface area contributed by atoms with Gasteiger partial charge < -0.3 is 24.6 Å². The second-order valence-corrected chi connectivity index (χ2v) is 9.45. The lowest BCUT2D eigenvalue weighted by molar-refractivity contribution is 0.0342. The second kappa shape index (κ2) is 11.8. The van der Waals surface area contributed by atoms with Crippen LogP contribution in [0.4, 0.5) is 4.79 Å². The average Bonchev–Trinajstić information content (AvgIpc) is 3.26. The number of morpholine rings is 1. The van der Waals surface area contributed by atoms with Crippen molar-refractivity contribution in [2.45, 2.75) is 19.1 Å². The maximum absolute atomic E-state index is 13.0. The number of nitrogens with one attached hydrogen (secondary N) is 1. The van der Waals surface area contributed by atoms with E-state index >= 15 is 0 Å². The van der Waals surface area contributed by atoms with Crippen LogP contribution in [0.5, 0.6) is 5.75 Å². The molecule has 0 aliphatic carbocycles. The summed E-state index contributed by atoms with van der Waals surface area (Å²) >= 11 is 0. The number of nitrogens with zero attached hydrogens (tertiary/aromatic N) is 5. The number of carbonyl (C=O) groups is 1. The summed E-state index contributed by atoms with van der Waals surface area (Å²) in [7, 11) is 0. The number of rotatable bonds is 6. The zero-order chi connectivity index (χ0) is 27.2. The number of aromatic hydroxyl groups is 1. The van der Waals surface area contributed by atoms with E-state index in [9.17, 15) is 20.0 Å². The lowest BCUT2D eigenvalue weighted by atomic mass is 10.0. The van der Waals surface area contributed by atoms with Gasteiger partial charge in [-0.25, -0.2) is 9.78 Å². The summed E-state index contributed by atoms with van der Waals surface area (Å²) in [6.07, 6.45) is 1.18. The van der Waals surface area contributed by atoms with Gasteiger partial charge in [-0.1, -0.05) is 36.1 Å². The van der Waals surface area contributed by atoms with E-state index < -0.39 is 11.3 Å². The molecule has 2 N–H and O–H groups in total. The van der Waals surface area contributed by atoms with Gasteiger partial charge in [0.2, 0.25) is 5.75 Å². The molecule has 1 unspecified atom stereocenters. The van der Waals surface area contributed by atoms with Crippen LogP contribution in [-0.2, 0) is 17.8 Å². The van der Waals surface area contributed by atoms with Gasteiger partial charge in [-0.2, -0.15) is 5.26 Å². The molecule has 1 atom stereocenters. The summed E-state index contributed by atoms with van der Waals surface area (Å²) in [6, 6.07) is 17.2. The van der Waals surface area contributed by atoms with Crippen molar-refractivity contribution in [2.75, 3.05) is 39.4 Å². The number of benzene rings is 2. The van der Waals surface area contributed by atoms with Crippen molar-refractivity contribution in [2.24, 2.45) is 0 Å². The van der Waals surface area contributed by atoms with Crippen LogP contribution < -0.4 is 5.56 Å². The van der Waals surface area contributed by atoms with E-state index in [2.05, 4.69) is 38.8 Å². The molecule has 2 aliphatic heterocycles. The van der Waals surface area contributed by atoms with Crippen LogP contribution in [0, 0.1) is 23.2 Å². The van der Waals surface area contributed by atoms with Crippen molar-refractivity contribution in [3.8, 4) is 23.7 Å². The summed E-state index contributed by atoms with van der Waals surface area (Å²) in [5, 5.41) is 19.3. The molecular formula is C29H28N6O4. The van der Waals surface area contributed by atoms with Crippen molar-refractivity contribution in [3.05, 3.63) is 93.2 Å². The van der Waals surface area contributed by atoms with E-state index in [1.165, 1.54) is 21.7 Å². The zero-order valence-corrected chi connectivity index (χ0v) is 21.3. The van der Waals surface area contributed by atoms with Crippen molar-refractivity contribution < 1.29 is 14.6 Å². The highest BCUT2D eigenvalue weighted by molar-refractivity contribution is 5.78. The smallest absolute Gasteiger partial charge is 0.321 e. The lowest BCUT2D eigenvalue weighted by Crippen LogP contribution is -2.35. The van der Waals surface area contributed by atoms with E-state index in [4.69, 9.17) is 4.74 Å². The first-order valence-corrected chi connectivity index (χ1v) is 12.7. The molecule has 3 aromatic rings. The molecule has 39 heavy (non-hydrogen) atoms. The number of hydrogen-bond acceptors (Lipinski definition) is 7. The zero-order valence-electron chi connectivity index (χ0n) is 21.3. The predicted molar refractivity (Wildman–Crippen MR) is 142 cm³/mol. The lowest BCUT2D eigenvalue weighted by Gasteiger charge is -2.26. The molecule has 2 aromatic carbocycles. The van der Waals surface area contributed by atoms with Gasteiger partial charge in [0.25, 0.3) is 5.56 Å². The van der Waals surface area contributed by atoms with Crippen LogP contribution >= 0.6 is 0 Å². The Hall–Kier alpha value is -4.64. The molecule has 3 heterocycles. The third kappa shape index (κ3) is 6.10. The predicted octanol–water partition coefficient (Wildman–Crippen LogP) is 2.21. The van der Waals surface area contributed by atoms with E-state index in [1.54, 1.807) is 0 Å². The van der Waals surface area contributed by atoms with E-state index in [0.29, 0.717) is 0 Å². The fourth-order valence-electron chi connectivity index (χ4n) is 4.74. The van der Waals surface area contributed by atoms with Crippen LogP contribution in [0.1, 0.15) is 34.0 Å². The molecule has 5 rings (SSSR count). The summed E-state index contributed by atoms with van der Waals surface area (Å²) in [4.78, 5) is 36.3. The normalized spacial score (nSPS) is 17.5. The number of ether oxygens (including phenoxy) is 1. The maximum Gasteiger partial charge on any atom is 0.321 e. The van der Waals surface area contributed by atoms with Crippen LogP contribution in [0.25, 0.3) is 0 Å². The van der Waals surface area contributed by atoms with Gasteiger partial charge in [-0.3, -0.25) is 9.69 Å². The first-order chi connectivity index (χ1) is 19.0. The Morgan fingerprint density at radius 1 is 1.00 bits per heavy atom. The maximum atomic E-state index is 13.0. The number of hydrogen-bond donors (Lipinski definition) is 2. The van der Waals surface area contributed by atoms with E-state index in [0.717, 1.165) is 49.5 Å². The molecule has 1 aromatic heterocycles. The Morgan fingerprint density at radius 3 is 2.33 bits per heavy atom. The van der Waals surface area contributed by atoms with Gasteiger partial charge in [0.1, 0.15) is 12.2 Å². The largest absolute Gasteiger partial charge is 0.502 e. The van der Waals surface area contributed by atoms with E-state index in [1.807, 2.05) is 42.5 Å². The Labute approximate surface area is 226 Å². The summed E-state index contributed by atoms with van der Waals surface area (Å²) < 4.78 is 5.41. The highest BCUT2D eigenvalue weighted by atomic mass is 16.5. The molecular weight excluding hydrogens is 496 g/mol. The molecule has 0 bridgehead atoms. The molecule has 2 fully saturated rings. The van der Waals surface area contributed by atoms with Gasteiger partial charge in [-0.15, -0.1) is 0 Å². The minimum absolute atomic E-state index is 0.0399. The highest BCUT2D eigenvalue weighted by Crippen LogP contribution is 2.31. The fraction of sp³-hybridized carbons (Fsp3) is 0.310. The summed E-state index contributed by atoms with van der Waals surface area (Å²) in [5.74, 6) is 5.87. The van der Waals surface area contributed by atoms with Crippen molar-refractivity contribution in [3.63, 3.8) is 0 Å². The molecule has 0 radical (unpaired) electrons. The summed E-state index contributed by atoms with van der Waals surface area (Å²) in [6.45, 7) is 4.54. The van der Waals surface area contributed by atoms with Gasteiger partial charge in [0.15, 0.2) is 0 Å². The minimum Gasteiger partial charge on any atom is -0.502 e. The van der Waals surface area contributed by atoms with Crippen LogP contribution in [0.2, 0.25) is 0 Å². The molecule has 0 spiro atoms. The minimum atomic E-state index is -0.669. The Kier molecular flexibility index (Phi) is 7.88. The van der Waals surface area contributed by atoms with Gasteiger partial charge in [-0.05, 0) is 35.4 Å². The quantitative estimate of drug-likeness (QED) is 0.374. The van der Waals surface area contributed by atoms with Crippen LogP contribution in [0.15, 0.2) is 59.7 Å². The third-order valence-electron chi connectivity index (χ3n) is 6.88. The standard InChI is InChI=1S/C29H28N6O4/c30-11-12-35-26(19-34(29(35)38)18-25-27(36)28(37)32-20-31-25)24-9-7-22(8-10-24)2-1-21-3-5-23(6-4-21)17-33-13-15-39-16-14-33/h3-10,20,26,36H,12-19H2,(H,31,32,37). The molecule has 10 heteroatoms. The van der Waals surface area contributed by atoms with Crippen LogP contribution in [0.3, 0.4) is 0 Å². The van der Waals surface area contributed by atoms with Crippen molar-refractivity contribution in [1.29, 1.82) is 5.26 Å². The topological polar surface area (TPSA) is 126 Å². The highest BCUT2D eigenvalue weighted by Gasteiger charge is 2.38. The molecule has 10 nitrogen and oxygen atoms in total. The monoisotopic (exact) mass is 524 g/mol. The fourth-order valence-corrected chi connectivity index (χ4v) is 4.74. The van der Waals surface area contributed by atoms with Crippen LogP contribution in [-0.4, -0.2) is 75.2 Å². The molecule has 198 valence electrons. The molecule has 0 saturated carbocycles. The average molecular weight is 525 g/mol. The summed E-state index contributed by atoms with van der Waals surface area (Å²) in [5.41, 5.74) is 3.31. The van der Waals surface area contributed by atoms with Gasteiger partial charge >= 0.3 is 6.03 Å². The second-order valence-electron chi connectivity index (χ2n) is 9.45. The first kappa shape index (κ1) is 26.0. The molecule has 2 saturated heterocycles. The molecule has 2 amide bonds. The van der Waals surface area contributed by atoms with Crippen molar-refractivity contribution in [1.82, 2.24) is 24.7 Å². The first-order valence-electron chi connectivity index (χ1n) is 12.7. The Morgan fingerprint density at radius 2 is 1.67 bits per heavy atom. The van der Waals surface area contributed by atoms with Gasteiger partial charge in [0, 0.05) is 37.3 Å². The SMILES string of the molecule is N#CCN1C(=O)N(Cc2nc[nH]c(=O)c2O)CC1c1ccc(C#Cc2ccc(CN3CCOCC3)cc2)cc1. The number of aromatic nitrogens is 2. The third-order valence-corrected chi connectivity index (χ3v) is 6.88. The number of nitriles is 1. The molecule has 2 aliphatic rings. The number of amides is 2. The number of aromatic amines is 1. The number of carbonyl (C=O) groups excluding carboxylic acids is 1. The van der Waals surface area contributed by atoms with E-state index in [-0.39, 0.29) is 37.4 Å². The Balaban J connectivity index is 1.25. The Bertz CT molecular complexity index is 1480. The van der Waals surface area contributed by atoms with Crippen molar-refractivity contribution >= 4 is 6.03 Å².